The monoisotopic (exact) mass is 271 g/mol. The Morgan fingerprint density at radius 2 is 2.21 bits per heavy atom. The molecule has 2 nitrogen and oxygen atoms in total. The Balaban J connectivity index is 2.83. The summed E-state index contributed by atoms with van der Waals surface area (Å²) >= 11 is 9.43. The summed E-state index contributed by atoms with van der Waals surface area (Å²) in [5.41, 5.74) is 1.36. The number of fused-ring (bicyclic) bond motifs is 1. The lowest BCUT2D eigenvalue weighted by molar-refractivity contribution is 0.277. The number of hydrogen-bond donors (Lipinski definition) is 1. The Kier molecular flexibility index (Phi) is 2.72. The number of hydrogen-bond acceptors (Lipinski definition) is 2. The van der Waals surface area contributed by atoms with E-state index in [2.05, 4.69) is 20.9 Å². The van der Waals surface area contributed by atoms with Crippen LogP contribution in [0.3, 0.4) is 0 Å². The second kappa shape index (κ2) is 3.85. The number of aliphatic hydroxyl groups excluding tert-OH is 1. The molecule has 0 unspecified atom stereocenters. The van der Waals surface area contributed by atoms with Crippen molar-refractivity contribution in [3.63, 3.8) is 0 Å². The maximum atomic E-state index is 8.98. The SMILES string of the molecule is OCc1cc(Cl)c2cccc(Br)c2n1. The molecule has 0 aliphatic heterocycles. The van der Waals surface area contributed by atoms with Crippen LogP contribution in [-0.2, 0) is 6.61 Å². The normalized spacial score (nSPS) is 10.8. The largest absolute Gasteiger partial charge is 0.390 e. The van der Waals surface area contributed by atoms with Crippen LogP contribution in [0.5, 0.6) is 0 Å². The van der Waals surface area contributed by atoms with Crippen LogP contribution in [-0.4, -0.2) is 10.1 Å². The van der Waals surface area contributed by atoms with Gasteiger partial charge in [0.25, 0.3) is 0 Å². The number of rotatable bonds is 1. The summed E-state index contributed by atoms with van der Waals surface area (Å²) in [5, 5.41) is 10.5. The minimum absolute atomic E-state index is 0.100. The highest BCUT2D eigenvalue weighted by molar-refractivity contribution is 9.10. The molecule has 1 N–H and O–H groups in total. The van der Waals surface area contributed by atoms with Gasteiger partial charge < -0.3 is 5.11 Å². The van der Waals surface area contributed by atoms with E-state index in [0.29, 0.717) is 10.7 Å². The molecule has 0 saturated carbocycles. The molecule has 1 heterocycles. The summed E-state index contributed by atoms with van der Waals surface area (Å²) in [6, 6.07) is 7.37. The van der Waals surface area contributed by atoms with Crippen molar-refractivity contribution in [1.82, 2.24) is 4.98 Å². The quantitative estimate of drug-likeness (QED) is 0.865. The second-order valence-electron chi connectivity index (χ2n) is 2.89. The van der Waals surface area contributed by atoms with Crippen molar-refractivity contribution in [3.05, 3.63) is 39.5 Å². The van der Waals surface area contributed by atoms with Gasteiger partial charge in [-0.15, -0.1) is 0 Å². The van der Waals surface area contributed by atoms with Crippen molar-refractivity contribution in [2.75, 3.05) is 0 Å². The van der Waals surface area contributed by atoms with Crippen LogP contribution in [0, 0.1) is 0 Å². The maximum absolute atomic E-state index is 8.98. The maximum Gasteiger partial charge on any atom is 0.0863 e. The van der Waals surface area contributed by atoms with Crippen LogP contribution in [0.4, 0.5) is 0 Å². The van der Waals surface area contributed by atoms with Gasteiger partial charge in [-0.05, 0) is 28.1 Å². The highest BCUT2D eigenvalue weighted by atomic mass is 79.9. The van der Waals surface area contributed by atoms with Crippen molar-refractivity contribution in [2.24, 2.45) is 0 Å². The van der Waals surface area contributed by atoms with Gasteiger partial charge in [-0.2, -0.15) is 0 Å². The van der Waals surface area contributed by atoms with Gasteiger partial charge in [-0.1, -0.05) is 23.7 Å². The van der Waals surface area contributed by atoms with Crippen molar-refractivity contribution >= 4 is 38.4 Å². The zero-order chi connectivity index (χ0) is 10.1. The second-order valence-corrected chi connectivity index (χ2v) is 4.15. The van der Waals surface area contributed by atoms with E-state index in [4.69, 9.17) is 16.7 Å². The molecule has 1 aromatic carbocycles. The number of para-hydroxylation sites is 1. The number of benzene rings is 1. The number of nitrogens with zero attached hydrogens (tertiary/aromatic N) is 1. The molecule has 4 heteroatoms. The fourth-order valence-corrected chi connectivity index (χ4v) is 2.04. The molecular formula is C10H7BrClNO. The third kappa shape index (κ3) is 1.63. The lowest BCUT2D eigenvalue weighted by Crippen LogP contribution is -1.91. The third-order valence-electron chi connectivity index (χ3n) is 1.95. The molecule has 0 amide bonds. The Morgan fingerprint density at radius 1 is 1.43 bits per heavy atom. The van der Waals surface area contributed by atoms with Gasteiger partial charge in [-0.25, -0.2) is 4.98 Å². The van der Waals surface area contributed by atoms with Crippen LogP contribution < -0.4 is 0 Å². The summed E-state index contributed by atoms with van der Waals surface area (Å²) in [6.07, 6.45) is 0. The lowest BCUT2D eigenvalue weighted by atomic mass is 10.2. The smallest absolute Gasteiger partial charge is 0.0863 e. The fraction of sp³-hybridized carbons (Fsp3) is 0.100. The van der Waals surface area contributed by atoms with Crippen LogP contribution in [0.15, 0.2) is 28.7 Å². The van der Waals surface area contributed by atoms with E-state index in [1.54, 1.807) is 6.07 Å². The Morgan fingerprint density at radius 3 is 2.93 bits per heavy atom. The standard InChI is InChI=1S/C10H7BrClNO/c11-8-3-1-2-7-9(12)4-6(5-14)13-10(7)8/h1-4,14H,5H2. The molecule has 0 atom stereocenters. The number of pyridine rings is 1. The molecule has 0 radical (unpaired) electrons. The summed E-state index contributed by atoms with van der Waals surface area (Å²) < 4.78 is 0.882. The zero-order valence-corrected chi connectivity index (χ0v) is 9.51. The van der Waals surface area contributed by atoms with Gasteiger partial charge in [0.05, 0.1) is 22.8 Å². The van der Waals surface area contributed by atoms with E-state index in [-0.39, 0.29) is 6.61 Å². The molecule has 0 aliphatic rings. The van der Waals surface area contributed by atoms with Crippen LogP contribution in [0.1, 0.15) is 5.69 Å². The molecule has 2 aromatic rings. The number of halogens is 2. The average Bonchev–Trinajstić information content (AvgIpc) is 2.19. The van der Waals surface area contributed by atoms with Gasteiger partial charge in [0.2, 0.25) is 0 Å². The fourth-order valence-electron chi connectivity index (χ4n) is 1.30. The van der Waals surface area contributed by atoms with Crippen molar-refractivity contribution in [1.29, 1.82) is 0 Å². The van der Waals surface area contributed by atoms with Crippen LogP contribution in [0.2, 0.25) is 5.02 Å². The number of aliphatic hydroxyl groups is 1. The topological polar surface area (TPSA) is 33.1 Å². The molecule has 0 aliphatic carbocycles. The Labute approximate surface area is 94.7 Å². The minimum atomic E-state index is -0.100. The predicted molar refractivity (Wildman–Crippen MR) is 60.4 cm³/mol. The van der Waals surface area contributed by atoms with E-state index in [9.17, 15) is 0 Å². The van der Waals surface area contributed by atoms with E-state index in [1.165, 1.54) is 0 Å². The van der Waals surface area contributed by atoms with Crippen LogP contribution in [0.25, 0.3) is 10.9 Å². The highest BCUT2D eigenvalue weighted by Gasteiger charge is 2.05. The summed E-state index contributed by atoms with van der Waals surface area (Å²) in [7, 11) is 0. The molecule has 72 valence electrons. The molecule has 1 aromatic heterocycles. The van der Waals surface area contributed by atoms with E-state index >= 15 is 0 Å². The first kappa shape index (κ1) is 9.90. The summed E-state index contributed by atoms with van der Waals surface area (Å²) in [4.78, 5) is 4.27. The van der Waals surface area contributed by atoms with Crippen LogP contribution >= 0.6 is 27.5 Å². The van der Waals surface area contributed by atoms with Gasteiger partial charge >= 0.3 is 0 Å². The van der Waals surface area contributed by atoms with Crippen molar-refractivity contribution in [3.8, 4) is 0 Å². The van der Waals surface area contributed by atoms with E-state index in [0.717, 1.165) is 15.4 Å². The lowest BCUT2D eigenvalue weighted by Gasteiger charge is -2.04. The predicted octanol–water partition coefficient (Wildman–Crippen LogP) is 3.14. The van der Waals surface area contributed by atoms with Gasteiger partial charge in [0.1, 0.15) is 0 Å². The molecule has 0 saturated heterocycles. The summed E-state index contributed by atoms with van der Waals surface area (Å²) in [6.45, 7) is -0.100. The van der Waals surface area contributed by atoms with Gasteiger partial charge in [-0.3, -0.25) is 0 Å². The molecule has 0 fully saturated rings. The first-order chi connectivity index (χ1) is 6.72. The number of aromatic nitrogens is 1. The van der Waals surface area contributed by atoms with Gasteiger partial charge in [0, 0.05) is 9.86 Å². The first-order valence-electron chi connectivity index (χ1n) is 4.07. The molecule has 0 bridgehead atoms. The van der Waals surface area contributed by atoms with Gasteiger partial charge in [0.15, 0.2) is 0 Å². The highest BCUT2D eigenvalue weighted by Crippen LogP contribution is 2.28. The van der Waals surface area contributed by atoms with E-state index in [1.807, 2.05) is 18.2 Å². The molecule has 0 spiro atoms. The minimum Gasteiger partial charge on any atom is -0.390 e. The molecular weight excluding hydrogens is 265 g/mol. The first-order valence-corrected chi connectivity index (χ1v) is 5.24. The van der Waals surface area contributed by atoms with Crippen molar-refractivity contribution in [2.45, 2.75) is 6.61 Å². The third-order valence-corrected chi connectivity index (χ3v) is 2.91. The van der Waals surface area contributed by atoms with Crippen molar-refractivity contribution < 1.29 is 5.11 Å². The Bertz CT molecular complexity index is 487. The average molecular weight is 273 g/mol. The van der Waals surface area contributed by atoms with E-state index < -0.39 is 0 Å². The zero-order valence-electron chi connectivity index (χ0n) is 7.17. The summed E-state index contributed by atoms with van der Waals surface area (Å²) in [5.74, 6) is 0. The molecule has 2 rings (SSSR count). The Hall–Kier alpha value is -0.640. The molecule has 14 heavy (non-hydrogen) atoms.